The zero-order valence-corrected chi connectivity index (χ0v) is 22.3. The molecule has 0 saturated carbocycles. The van der Waals surface area contributed by atoms with Crippen LogP contribution in [0.15, 0.2) is 119 Å². The van der Waals surface area contributed by atoms with Crippen molar-refractivity contribution in [3.05, 3.63) is 131 Å². The van der Waals surface area contributed by atoms with Crippen LogP contribution in [0.3, 0.4) is 0 Å². The van der Waals surface area contributed by atoms with Crippen LogP contribution < -0.4 is 20.3 Å². The Morgan fingerprint density at radius 1 is 0.561 bits per heavy atom. The maximum Gasteiger partial charge on any atom is 0.266 e. The van der Waals surface area contributed by atoms with E-state index in [2.05, 4.69) is 21.1 Å². The number of ether oxygens (including phenoxy) is 3. The Labute approximate surface area is 238 Å². The highest BCUT2D eigenvalue weighted by Gasteiger charge is 2.04. The molecule has 41 heavy (non-hydrogen) atoms. The highest BCUT2D eigenvalue weighted by molar-refractivity contribution is 5.84. The lowest BCUT2D eigenvalue weighted by atomic mass is 10.2. The Balaban J connectivity index is 1.07. The van der Waals surface area contributed by atoms with Gasteiger partial charge < -0.3 is 14.2 Å². The molecule has 0 aliphatic rings. The van der Waals surface area contributed by atoms with E-state index in [0.717, 1.165) is 33.8 Å². The molecular formula is C32H30N4O5. The Morgan fingerprint density at radius 2 is 0.951 bits per heavy atom. The Kier molecular flexibility index (Phi) is 11.2. The van der Waals surface area contributed by atoms with Gasteiger partial charge in [0, 0.05) is 0 Å². The molecule has 0 unspecified atom stereocenters. The molecular weight excluding hydrogens is 520 g/mol. The van der Waals surface area contributed by atoms with Crippen LogP contribution >= 0.6 is 0 Å². The summed E-state index contributed by atoms with van der Waals surface area (Å²) in [5.41, 5.74) is 8.44. The fourth-order valence-electron chi connectivity index (χ4n) is 3.44. The third kappa shape index (κ3) is 10.8. The van der Waals surface area contributed by atoms with Crippen LogP contribution in [0.25, 0.3) is 0 Å². The van der Waals surface area contributed by atoms with Crippen molar-refractivity contribution in [3.8, 4) is 11.5 Å². The van der Waals surface area contributed by atoms with Crippen molar-refractivity contribution in [2.45, 2.75) is 13.2 Å². The molecule has 0 aliphatic heterocycles. The van der Waals surface area contributed by atoms with Crippen LogP contribution in [0.2, 0.25) is 0 Å². The smallest absolute Gasteiger partial charge is 0.266 e. The van der Waals surface area contributed by atoms with Gasteiger partial charge in [-0.3, -0.25) is 9.59 Å². The third-order valence-electron chi connectivity index (χ3n) is 5.53. The monoisotopic (exact) mass is 550 g/mol. The molecule has 0 bridgehead atoms. The zero-order chi connectivity index (χ0) is 28.5. The molecule has 4 rings (SSSR count). The van der Waals surface area contributed by atoms with Gasteiger partial charge in [-0.1, -0.05) is 60.7 Å². The summed E-state index contributed by atoms with van der Waals surface area (Å²) < 4.78 is 16.6. The summed E-state index contributed by atoms with van der Waals surface area (Å²) in [5.74, 6) is 0.478. The number of hydrogen-bond donors (Lipinski definition) is 2. The Morgan fingerprint density at radius 3 is 1.34 bits per heavy atom. The lowest BCUT2D eigenvalue weighted by Crippen LogP contribution is -2.28. The minimum absolute atomic E-state index is 0.328. The topological polar surface area (TPSA) is 111 Å². The van der Waals surface area contributed by atoms with E-state index < -0.39 is 11.8 Å². The van der Waals surface area contributed by atoms with E-state index in [0.29, 0.717) is 13.2 Å². The van der Waals surface area contributed by atoms with Crippen LogP contribution in [0.4, 0.5) is 0 Å². The minimum atomic E-state index is -0.491. The minimum Gasteiger partial charge on any atom is -0.489 e. The highest BCUT2D eigenvalue weighted by Crippen LogP contribution is 2.14. The second-order valence-corrected chi connectivity index (χ2v) is 8.77. The van der Waals surface area contributed by atoms with E-state index in [4.69, 9.17) is 14.2 Å². The summed E-state index contributed by atoms with van der Waals surface area (Å²) in [6.45, 7) is 0.304. The summed E-state index contributed by atoms with van der Waals surface area (Å²) >= 11 is 0. The van der Waals surface area contributed by atoms with Gasteiger partial charge in [-0.05, 0) is 70.8 Å². The standard InChI is InChI=1S/C32H30N4O5/c37-31(35-33-19-25-11-15-29(16-12-25)40-21-27-7-3-1-4-8-27)23-39-24-32(38)36-34-20-26-13-17-30(18-14-26)41-22-28-9-5-2-6-10-28/h1-20H,21-24H2,(H,35,37)(H,36,38). The van der Waals surface area contributed by atoms with Gasteiger partial charge in [0.2, 0.25) is 0 Å². The molecule has 9 heteroatoms. The van der Waals surface area contributed by atoms with Crippen LogP contribution in [0, 0.1) is 0 Å². The Hall–Kier alpha value is -5.28. The third-order valence-corrected chi connectivity index (χ3v) is 5.53. The van der Waals surface area contributed by atoms with Crippen molar-refractivity contribution in [1.82, 2.24) is 10.9 Å². The fourth-order valence-corrected chi connectivity index (χ4v) is 3.44. The number of carbonyl (C=O) groups is 2. The quantitative estimate of drug-likeness (QED) is 0.178. The van der Waals surface area contributed by atoms with E-state index in [1.807, 2.05) is 109 Å². The zero-order valence-electron chi connectivity index (χ0n) is 22.3. The van der Waals surface area contributed by atoms with Crippen molar-refractivity contribution < 1.29 is 23.8 Å². The SMILES string of the molecule is O=C(COCC(=O)NN=Cc1ccc(OCc2ccccc2)cc1)NN=Cc1ccc(OCc2ccccc2)cc1. The molecule has 0 atom stereocenters. The number of hydrogen-bond acceptors (Lipinski definition) is 7. The van der Waals surface area contributed by atoms with Crippen LogP contribution in [-0.2, 0) is 27.5 Å². The lowest BCUT2D eigenvalue weighted by Gasteiger charge is -2.06. The molecule has 0 heterocycles. The number of hydrazone groups is 2. The first-order valence-corrected chi connectivity index (χ1v) is 12.9. The number of nitrogens with zero attached hydrogens (tertiary/aromatic N) is 2. The molecule has 2 N–H and O–H groups in total. The van der Waals surface area contributed by atoms with Gasteiger partial charge in [0.15, 0.2) is 0 Å². The second kappa shape index (κ2) is 16.0. The summed E-state index contributed by atoms with van der Waals surface area (Å²) in [6, 6.07) is 34.4. The molecule has 0 aromatic heterocycles. The number of carbonyl (C=O) groups excluding carboxylic acids is 2. The first-order valence-electron chi connectivity index (χ1n) is 12.9. The number of benzene rings is 4. The van der Waals surface area contributed by atoms with Gasteiger partial charge in [0.05, 0.1) is 12.4 Å². The van der Waals surface area contributed by atoms with Gasteiger partial charge >= 0.3 is 0 Å². The molecule has 0 aliphatic carbocycles. The molecule has 0 fully saturated rings. The normalized spacial score (nSPS) is 10.9. The van der Waals surface area contributed by atoms with Gasteiger partial charge in [0.1, 0.15) is 37.9 Å². The molecule has 2 amide bonds. The summed E-state index contributed by atoms with van der Waals surface area (Å²) in [4.78, 5) is 23.8. The molecule has 9 nitrogen and oxygen atoms in total. The fraction of sp³-hybridized carbons (Fsp3) is 0.125. The average molecular weight is 551 g/mol. The van der Waals surface area contributed by atoms with E-state index in [9.17, 15) is 9.59 Å². The second-order valence-electron chi connectivity index (χ2n) is 8.77. The first-order chi connectivity index (χ1) is 20.1. The van der Waals surface area contributed by atoms with Crippen molar-refractivity contribution in [1.29, 1.82) is 0 Å². The van der Waals surface area contributed by atoms with E-state index >= 15 is 0 Å². The Bertz CT molecular complexity index is 1310. The van der Waals surface area contributed by atoms with Crippen LogP contribution in [0.1, 0.15) is 22.3 Å². The van der Waals surface area contributed by atoms with Gasteiger partial charge in [0.25, 0.3) is 11.8 Å². The molecule has 0 radical (unpaired) electrons. The predicted molar refractivity (Wildman–Crippen MR) is 157 cm³/mol. The molecule has 4 aromatic rings. The van der Waals surface area contributed by atoms with Gasteiger partial charge in [-0.2, -0.15) is 10.2 Å². The first kappa shape index (κ1) is 28.7. The molecule has 0 saturated heterocycles. The van der Waals surface area contributed by atoms with Crippen molar-refractivity contribution in [3.63, 3.8) is 0 Å². The van der Waals surface area contributed by atoms with Crippen molar-refractivity contribution >= 4 is 24.2 Å². The largest absolute Gasteiger partial charge is 0.489 e. The van der Waals surface area contributed by atoms with Gasteiger partial charge in [-0.25, -0.2) is 10.9 Å². The van der Waals surface area contributed by atoms with Gasteiger partial charge in [-0.15, -0.1) is 0 Å². The van der Waals surface area contributed by atoms with Crippen molar-refractivity contribution in [2.75, 3.05) is 13.2 Å². The highest BCUT2D eigenvalue weighted by atomic mass is 16.5. The average Bonchev–Trinajstić information content (AvgIpc) is 3.01. The summed E-state index contributed by atoms with van der Waals surface area (Å²) in [7, 11) is 0. The molecule has 208 valence electrons. The van der Waals surface area contributed by atoms with E-state index in [1.165, 1.54) is 12.4 Å². The maximum absolute atomic E-state index is 11.9. The number of nitrogens with one attached hydrogen (secondary N) is 2. The number of amides is 2. The van der Waals surface area contributed by atoms with Crippen LogP contribution in [-0.4, -0.2) is 37.5 Å². The van der Waals surface area contributed by atoms with E-state index in [1.54, 1.807) is 0 Å². The molecule has 4 aromatic carbocycles. The summed E-state index contributed by atoms with van der Waals surface area (Å²) in [5, 5.41) is 7.80. The van der Waals surface area contributed by atoms with Crippen molar-refractivity contribution in [2.24, 2.45) is 10.2 Å². The number of rotatable bonds is 14. The lowest BCUT2D eigenvalue weighted by molar-refractivity contribution is -0.130. The summed E-state index contributed by atoms with van der Waals surface area (Å²) in [6.07, 6.45) is 3.00. The molecule has 0 spiro atoms. The maximum atomic E-state index is 11.9. The van der Waals surface area contributed by atoms with Crippen LogP contribution in [0.5, 0.6) is 11.5 Å². The van der Waals surface area contributed by atoms with E-state index in [-0.39, 0.29) is 13.2 Å². The predicted octanol–water partition coefficient (Wildman–Crippen LogP) is 4.46.